The molecule has 7 nitrogen and oxygen atoms in total. The number of anilines is 7. The van der Waals surface area contributed by atoms with E-state index in [0.29, 0.717) is 11.7 Å². The van der Waals surface area contributed by atoms with Crippen molar-refractivity contribution in [1.82, 2.24) is 0 Å². The van der Waals surface area contributed by atoms with Crippen LogP contribution in [0.4, 0.5) is 39.8 Å². The maximum absolute atomic E-state index is 6.31. The normalized spacial score (nSPS) is 13.2. The van der Waals surface area contributed by atoms with Gasteiger partial charge in [0, 0.05) is 40.3 Å². The van der Waals surface area contributed by atoms with E-state index >= 15 is 0 Å². The van der Waals surface area contributed by atoms with E-state index in [9.17, 15) is 0 Å². The van der Waals surface area contributed by atoms with Crippen LogP contribution in [0, 0.1) is 0 Å². The van der Waals surface area contributed by atoms with E-state index in [2.05, 4.69) is 143 Å². The quantitative estimate of drug-likeness (QED) is 0.107. The molecule has 0 radical (unpaired) electrons. The van der Waals surface area contributed by atoms with Crippen molar-refractivity contribution in [3.05, 3.63) is 211 Å². The largest absolute Gasteiger partial charge is 0.453 e. The molecule has 2 aliphatic heterocycles. The fraction of sp³-hybridized carbons (Fsp3) is 0.0189. The predicted molar refractivity (Wildman–Crippen MR) is 246 cm³/mol. The predicted octanol–water partition coefficient (Wildman–Crippen LogP) is 14.1. The highest BCUT2D eigenvalue weighted by molar-refractivity contribution is 6.22. The molecule has 0 aromatic heterocycles. The van der Waals surface area contributed by atoms with Crippen LogP contribution in [0.2, 0.25) is 0 Å². The summed E-state index contributed by atoms with van der Waals surface area (Å²) in [5.41, 5.74) is 8.70. The van der Waals surface area contributed by atoms with Crippen molar-refractivity contribution in [2.45, 2.75) is 0 Å². The molecule has 2 heterocycles. The first-order chi connectivity index (χ1) is 29.7. The second-order valence-corrected chi connectivity index (χ2v) is 14.7. The second-order valence-electron chi connectivity index (χ2n) is 14.7. The summed E-state index contributed by atoms with van der Waals surface area (Å²) in [6.07, 6.45) is 0. The third kappa shape index (κ3) is 6.08. The molecule has 1 N–H and O–H groups in total. The summed E-state index contributed by atoms with van der Waals surface area (Å²) in [5.74, 6) is 4.51. The molecule has 7 heteroatoms. The lowest BCUT2D eigenvalue weighted by Gasteiger charge is -2.32. The van der Waals surface area contributed by atoms with Gasteiger partial charge in [-0.1, -0.05) is 97.1 Å². The smallest absolute Gasteiger partial charge is 0.156 e. The molecule has 2 aliphatic rings. The average molecular weight is 776 g/mol. The molecule has 0 bridgehead atoms. The Bertz CT molecular complexity index is 3010. The minimum Gasteiger partial charge on any atom is -0.453 e. The van der Waals surface area contributed by atoms with Gasteiger partial charge < -0.3 is 24.6 Å². The average Bonchev–Trinajstić information content (AvgIpc) is 3.31. The Morgan fingerprint density at radius 3 is 1.25 bits per heavy atom. The van der Waals surface area contributed by atoms with E-state index in [4.69, 9.17) is 19.5 Å². The monoisotopic (exact) mass is 775 g/mol. The van der Waals surface area contributed by atoms with Gasteiger partial charge in [0.05, 0.1) is 28.4 Å². The third-order valence-corrected chi connectivity index (χ3v) is 11.1. The van der Waals surface area contributed by atoms with Crippen molar-refractivity contribution < 1.29 is 9.47 Å². The van der Waals surface area contributed by atoms with Gasteiger partial charge in [-0.25, -0.2) is 4.99 Å². The summed E-state index contributed by atoms with van der Waals surface area (Å²) in [6.45, 7) is 0. The Kier molecular flexibility index (Phi) is 8.56. The number of amidine groups is 2. The minimum absolute atomic E-state index is 0.594. The number of nitrogens with zero attached hydrogens (tertiary/aromatic N) is 4. The zero-order chi connectivity index (χ0) is 40.0. The highest BCUT2D eigenvalue weighted by Gasteiger charge is 2.27. The number of nitrogens with one attached hydrogen (secondary N) is 1. The molecule has 286 valence electrons. The van der Waals surface area contributed by atoms with Crippen LogP contribution in [0.5, 0.6) is 23.0 Å². The molecule has 9 aromatic carbocycles. The summed E-state index contributed by atoms with van der Waals surface area (Å²) in [6, 6.07) is 68.6. The Hall–Kier alpha value is -8.16. The number of para-hydroxylation sites is 8. The number of fused-ring (bicyclic) bond motifs is 6. The van der Waals surface area contributed by atoms with Crippen LogP contribution >= 0.6 is 0 Å². The van der Waals surface area contributed by atoms with Gasteiger partial charge in [-0.2, -0.15) is 0 Å². The maximum Gasteiger partial charge on any atom is 0.156 e. The van der Waals surface area contributed by atoms with Crippen molar-refractivity contribution in [3.8, 4) is 23.0 Å². The molecule has 0 unspecified atom stereocenters. The van der Waals surface area contributed by atoms with Crippen LogP contribution in [0.25, 0.3) is 21.5 Å². The fourth-order valence-electron chi connectivity index (χ4n) is 8.27. The van der Waals surface area contributed by atoms with Crippen LogP contribution < -0.4 is 24.6 Å². The topological polar surface area (TPSA) is 61.7 Å². The van der Waals surface area contributed by atoms with Crippen LogP contribution in [-0.2, 0) is 0 Å². The number of benzene rings is 9. The maximum atomic E-state index is 6.31. The van der Waals surface area contributed by atoms with Crippen molar-refractivity contribution >= 4 is 73.0 Å². The van der Waals surface area contributed by atoms with Crippen LogP contribution in [0.1, 0.15) is 11.1 Å². The lowest BCUT2D eigenvalue weighted by atomic mass is 10.0. The Morgan fingerprint density at radius 2 is 0.817 bits per heavy atom. The lowest BCUT2D eigenvalue weighted by molar-refractivity contribution is 0.477. The zero-order valence-corrected chi connectivity index (χ0v) is 32.7. The van der Waals surface area contributed by atoms with Crippen LogP contribution in [0.15, 0.2) is 210 Å². The van der Waals surface area contributed by atoms with Gasteiger partial charge in [-0.15, -0.1) is 0 Å². The number of rotatable bonds is 5. The molecule has 11 rings (SSSR count). The first kappa shape index (κ1) is 35.0. The summed E-state index contributed by atoms with van der Waals surface area (Å²) >= 11 is 0. The molecule has 9 aromatic rings. The first-order valence-electron chi connectivity index (χ1n) is 20.0. The van der Waals surface area contributed by atoms with Gasteiger partial charge in [0.25, 0.3) is 0 Å². The van der Waals surface area contributed by atoms with Crippen molar-refractivity contribution in [3.63, 3.8) is 0 Å². The molecule has 60 heavy (non-hydrogen) atoms. The zero-order valence-electron chi connectivity index (χ0n) is 32.7. The molecule has 0 aliphatic carbocycles. The first-order valence-corrected chi connectivity index (χ1v) is 20.0. The van der Waals surface area contributed by atoms with Crippen molar-refractivity contribution in [2.24, 2.45) is 9.98 Å². The van der Waals surface area contributed by atoms with E-state index in [0.717, 1.165) is 95.5 Å². The second kappa shape index (κ2) is 14.7. The highest BCUT2D eigenvalue weighted by atomic mass is 16.5. The summed E-state index contributed by atoms with van der Waals surface area (Å²) in [4.78, 5) is 14.6. The van der Waals surface area contributed by atoms with Gasteiger partial charge in [-0.3, -0.25) is 4.99 Å². The summed E-state index contributed by atoms with van der Waals surface area (Å²) in [5, 5.41) is 8.34. The number of hydrogen-bond donors (Lipinski definition) is 1. The highest BCUT2D eigenvalue weighted by Crippen LogP contribution is 2.51. The summed E-state index contributed by atoms with van der Waals surface area (Å²) < 4.78 is 12.6. The fourth-order valence-corrected chi connectivity index (χ4v) is 8.27. The van der Waals surface area contributed by atoms with Crippen molar-refractivity contribution in [2.75, 3.05) is 22.2 Å². The Labute approximate surface area is 347 Å². The molecular formula is C53H37N5O2. The van der Waals surface area contributed by atoms with Gasteiger partial charge in [-0.05, 0) is 114 Å². The SMILES string of the molecule is C/N=C(\N=C(/Nc1c2ccccc2cc2ccccc12)c1ccc(N2c3ccccc3Oc3ccccc32)cc1)c1ccc(N2c3ccccc3Oc3ccccc32)cc1. The van der Waals surface area contributed by atoms with Gasteiger partial charge in [0.1, 0.15) is 5.84 Å². The van der Waals surface area contributed by atoms with Gasteiger partial charge in [0.15, 0.2) is 28.8 Å². The molecule has 0 saturated carbocycles. The molecule has 0 amide bonds. The van der Waals surface area contributed by atoms with E-state index in [1.807, 2.05) is 72.8 Å². The third-order valence-electron chi connectivity index (χ3n) is 11.1. The van der Waals surface area contributed by atoms with Gasteiger partial charge >= 0.3 is 0 Å². The van der Waals surface area contributed by atoms with Gasteiger partial charge in [0.2, 0.25) is 0 Å². The Balaban J connectivity index is 1.02. The molecule has 0 spiro atoms. The van der Waals surface area contributed by atoms with E-state index in [-0.39, 0.29) is 0 Å². The van der Waals surface area contributed by atoms with E-state index < -0.39 is 0 Å². The molecular weight excluding hydrogens is 739 g/mol. The lowest BCUT2D eigenvalue weighted by Crippen LogP contribution is -2.18. The van der Waals surface area contributed by atoms with Crippen LogP contribution in [0.3, 0.4) is 0 Å². The van der Waals surface area contributed by atoms with E-state index in [1.54, 1.807) is 7.05 Å². The van der Waals surface area contributed by atoms with Crippen LogP contribution in [-0.4, -0.2) is 18.7 Å². The number of ether oxygens (including phenoxy) is 2. The molecule has 0 saturated heterocycles. The number of aliphatic imine (C=N–C) groups is 2. The number of hydrogen-bond acceptors (Lipinski definition) is 5. The van der Waals surface area contributed by atoms with E-state index in [1.165, 1.54) is 0 Å². The summed E-state index contributed by atoms with van der Waals surface area (Å²) in [7, 11) is 1.79. The minimum atomic E-state index is 0.594. The van der Waals surface area contributed by atoms with Crippen molar-refractivity contribution in [1.29, 1.82) is 0 Å². The molecule has 0 fully saturated rings. The standard InChI is InChI=1S/C53H37N5O2/c1-54-52(35-26-30-39(31-27-35)57-43-18-6-10-22-47(43)59-48-23-11-7-19-44(48)57)56-53(55-51-41-16-4-2-14-37(41)34-38-15-3-5-17-42(38)51)36-28-32-40(33-29-36)58-45-20-8-12-24-49(45)60-50-25-13-9-21-46(50)58/h2-34H,1H3,(H,54,55,56). The molecule has 0 atom stereocenters. The Morgan fingerprint density at radius 1 is 0.433 bits per heavy atom.